The fourth-order valence-corrected chi connectivity index (χ4v) is 2.00. The second-order valence-corrected chi connectivity index (χ2v) is 4.64. The molecule has 0 aliphatic rings. The molecule has 2 rings (SSSR count). The third kappa shape index (κ3) is 3.55. The third-order valence-corrected chi connectivity index (χ3v) is 3.23. The summed E-state index contributed by atoms with van der Waals surface area (Å²) >= 11 is 0. The zero-order chi connectivity index (χ0) is 15.5. The highest BCUT2D eigenvalue weighted by Gasteiger charge is 2.34. The van der Waals surface area contributed by atoms with E-state index in [2.05, 4.69) is 5.32 Å². The van der Waals surface area contributed by atoms with E-state index in [4.69, 9.17) is 4.74 Å². The van der Waals surface area contributed by atoms with Crippen molar-refractivity contribution in [2.24, 2.45) is 0 Å². The minimum Gasteiger partial charge on any atom is -0.456 e. The first-order valence-corrected chi connectivity index (χ1v) is 6.53. The lowest BCUT2D eigenvalue weighted by Gasteiger charge is -2.18. The van der Waals surface area contributed by atoms with Crippen LogP contribution in [0, 0.1) is 0 Å². The van der Waals surface area contributed by atoms with Crippen LogP contribution in [0.1, 0.15) is 24.1 Å². The van der Waals surface area contributed by atoms with E-state index in [1.165, 1.54) is 18.2 Å². The lowest BCUT2D eigenvalue weighted by atomic mass is 10.1. The minimum atomic E-state index is -4.44. The van der Waals surface area contributed by atoms with Gasteiger partial charge in [-0.25, -0.2) is 0 Å². The Morgan fingerprint density at radius 3 is 2.14 bits per heavy atom. The summed E-state index contributed by atoms with van der Waals surface area (Å²) in [7, 11) is 1.78. The highest BCUT2D eigenvalue weighted by atomic mass is 19.4. The Balaban J connectivity index is 2.40. The van der Waals surface area contributed by atoms with Gasteiger partial charge in [-0.05, 0) is 32.2 Å². The van der Waals surface area contributed by atoms with Gasteiger partial charge in [-0.15, -0.1) is 0 Å². The number of alkyl halides is 3. The van der Waals surface area contributed by atoms with E-state index in [9.17, 15) is 13.2 Å². The van der Waals surface area contributed by atoms with Gasteiger partial charge in [0.05, 0.1) is 5.56 Å². The van der Waals surface area contributed by atoms with Crippen molar-refractivity contribution in [1.29, 1.82) is 0 Å². The Bertz CT molecular complexity index is 610. The molecule has 0 radical (unpaired) electrons. The second kappa shape index (κ2) is 6.18. The van der Waals surface area contributed by atoms with E-state index in [0.717, 1.165) is 11.6 Å². The first-order valence-electron chi connectivity index (χ1n) is 6.53. The summed E-state index contributed by atoms with van der Waals surface area (Å²) in [5.41, 5.74) is 0.0221. The monoisotopic (exact) mass is 295 g/mol. The molecule has 0 amide bonds. The van der Waals surface area contributed by atoms with E-state index >= 15 is 0 Å². The van der Waals surface area contributed by atoms with E-state index in [1.807, 2.05) is 19.1 Å². The van der Waals surface area contributed by atoms with Crippen molar-refractivity contribution >= 4 is 0 Å². The lowest BCUT2D eigenvalue weighted by Crippen LogP contribution is -2.13. The van der Waals surface area contributed by atoms with Gasteiger partial charge in [-0.1, -0.05) is 30.3 Å². The number of rotatable bonds is 4. The zero-order valence-electron chi connectivity index (χ0n) is 11.7. The molecule has 5 heteroatoms. The van der Waals surface area contributed by atoms with Gasteiger partial charge in [0, 0.05) is 11.6 Å². The molecule has 1 atom stereocenters. The van der Waals surface area contributed by atoms with Crippen molar-refractivity contribution in [3.8, 4) is 11.5 Å². The summed E-state index contributed by atoms with van der Waals surface area (Å²) < 4.78 is 44.5. The third-order valence-electron chi connectivity index (χ3n) is 3.23. The van der Waals surface area contributed by atoms with E-state index < -0.39 is 11.7 Å². The van der Waals surface area contributed by atoms with Crippen LogP contribution in [0.3, 0.4) is 0 Å². The quantitative estimate of drug-likeness (QED) is 0.876. The molecule has 0 bridgehead atoms. The number of hydrogen-bond acceptors (Lipinski definition) is 2. The standard InChI is InChI=1S/C16H16F3NO/c1-11(20-2)12-7-3-5-9-14(12)21-15-10-6-4-8-13(15)16(17,18)19/h3-11,20H,1-2H3. The van der Waals surface area contributed by atoms with Gasteiger partial charge in [0.25, 0.3) is 0 Å². The van der Waals surface area contributed by atoms with Crippen molar-refractivity contribution in [3.05, 3.63) is 59.7 Å². The zero-order valence-corrected chi connectivity index (χ0v) is 11.7. The molecule has 0 saturated carbocycles. The van der Waals surface area contributed by atoms with Crippen molar-refractivity contribution < 1.29 is 17.9 Å². The van der Waals surface area contributed by atoms with Crippen molar-refractivity contribution in [2.75, 3.05) is 7.05 Å². The normalized spacial score (nSPS) is 13.0. The van der Waals surface area contributed by atoms with Gasteiger partial charge in [-0.3, -0.25) is 0 Å². The highest BCUT2D eigenvalue weighted by Crippen LogP contribution is 2.39. The lowest BCUT2D eigenvalue weighted by molar-refractivity contribution is -0.138. The molecular formula is C16H16F3NO. The molecule has 0 aromatic heterocycles. The van der Waals surface area contributed by atoms with Crippen LogP contribution < -0.4 is 10.1 Å². The van der Waals surface area contributed by atoms with E-state index in [-0.39, 0.29) is 11.8 Å². The van der Waals surface area contributed by atoms with Gasteiger partial charge in [0.2, 0.25) is 0 Å². The summed E-state index contributed by atoms with van der Waals surface area (Å²) in [6.07, 6.45) is -4.44. The average Bonchev–Trinajstić information content (AvgIpc) is 2.46. The van der Waals surface area contributed by atoms with Crippen molar-refractivity contribution in [3.63, 3.8) is 0 Å². The van der Waals surface area contributed by atoms with Gasteiger partial charge in [0.1, 0.15) is 11.5 Å². The van der Waals surface area contributed by atoms with Gasteiger partial charge in [-0.2, -0.15) is 13.2 Å². The summed E-state index contributed by atoms with van der Waals surface area (Å²) in [5.74, 6) is 0.219. The van der Waals surface area contributed by atoms with Crippen molar-refractivity contribution in [1.82, 2.24) is 5.32 Å². The van der Waals surface area contributed by atoms with E-state index in [1.54, 1.807) is 19.2 Å². The predicted molar refractivity (Wildman–Crippen MR) is 75.4 cm³/mol. The molecule has 2 nitrogen and oxygen atoms in total. The molecule has 0 fully saturated rings. The number of halogens is 3. The summed E-state index contributed by atoms with van der Waals surface area (Å²) in [5, 5.41) is 3.05. The smallest absolute Gasteiger partial charge is 0.419 e. The number of benzene rings is 2. The second-order valence-electron chi connectivity index (χ2n) is 4.64. The maximum absolute atomic E-state index is 13.0. The number of hydrogen-bond donors (Lipinski definition) is 1. The summed E-state index contributed by atoms with van der Waals surface area (Å²) in [6, 6.07) is 12.2. The minimum absolute atomic E-state index is 0.0285. The average molecular weight is 295 g/mol. The first kappa shape index (κ1) is 15.4. The fraction of sp³-hybridized carbons (Fsp3) is 0.250. The highest BCUT2D eigenvalue weighted by molar-refractivity contribution is 5.43. The Kier molecular flexibility index (Phi) is 4.53. The number of ether oxygens (including phenoxy) is 1. The molecule has 0 aliphatic carbocycles. The Morgan fingerprint density at radius 2 is 1.52 bits per heavy atom. The molecule has 0 saturated heterocycles. The molecule has 0 spiro atoms. The van der Waals surface area contributed by atoms with Crippen LogP contribution in [0.25, 0.3) is 0 Å². The van der Waals surface area contributed by atoms with Crippen LogP contribution in [0.2, 0.25) is 0 Å². The maximum atomic E-state index is 13.0. The molecule has 2 aromatic rings. The van der Waals surface area contributed by atoms with Gasteiger partial charge >= 0.3 is 6.18 Å². The molecule has 1 N–H and O–H groups in total. The SMILES string of the molecule is CNC(C)c1ccccc1Oc1ccccc1C(F)(F)F. The number of para-hydroxylation sites is 2. The fourth-order valence-electron chi connectivity index (χ4n) is 2.00. The Labute approximate surface area is 121 Å². The van der Waals surface area contributed by atoms with Crippen LogP contribution >= 0.6 is 0 Å². The van der Waals surface area contributed by atoms with Crippen molar-refractivity contribution in [2.45, 2.75) is 19.1 Å². The van der Waals surface area contributed by atoms with Crippen LogP contribution in [0.15, 0.2) is 48.5 Å². The summed E-state index contributed by atoms with van der Waals surface area (Å²) in [4.78, 5) is 0. The molecule has 0 heterocycles. The van der Waals surface area contributed by atoms with Gasteiger partial charge in [0.15, 0.2) is 0 Å². The molecule has 2 aromatic carbocycles. The van der Waals surface area contributed by atoms with Gasteiger partial charge < -0.3 is 10.1 Å². The van der Waals surface area contributed by atoms with Crippen LogP contribution in [-0.2, 0) is 6.18 Å². The Morgan fingerprint density at radius 1 is 0.952 bits per heavy atom. The van der Waals surface area contributed by atoms with E-state index in [0.29, 0.717) is 5.75 Å². The maximum Gasteiger partial charge on any atom is 0.419 e. The molecule has 112 valence electrons. The first-order chi connectivity index (χ1) is 9.93. The molecule has 0 aliphatic heterocycles. The van der Waals surface area contributed by atoms with Crippen LogP contribution in [-0.4, -0.2) is 7.05 Å². The number of nitrogens with one attached hydrogen (secondary N) is 1. The topological polar surface area (TPSA) is 21.3 Å². The summed E-state index contributed by atoms with van der Waals surface area (Å²) in [6.45, 7) is 1.91. The van der Waals surface area contributed by atoms with Crippen LogP contribution in [0.5, 0.6) is 11.5 Å². The largest absolute Gasteiger partial charge is 0.456 e. The van der Waals surface area contributed by atoms with Crippen LogP contribution in [0.4, 0.5) is 13.2 Å². The predicted octanol–water partition coefficient (Wildman–Crippen LogP) is 4.78. The molecule has 21 heavy (non-hydrogen) atoms. The Hall–Kier alpha value is -2.01. The molecule has 1 unspecified atom stereocenters. The molecular weight excluding hydrogens is 279 g/mol.